The Morgan fingerprint density at radius 1 is 1.43 bits per heavy atom. The van der Waals surface area contributed by atoms with Gasteiger partial charge in [0, 0.05) is 21.6 Å². The van der Waals surface area contributed by atoms with Gasteiger partial charge < -0.3 is 0 Å². The van der Waals surface area contributed by atoms with Crippen molar-refractivity contribution in [3.63, 3.8) is 0 Å². The summed E-state index contributed by atoms with van der Waals surface area (Å²) in [5.41, 5.74) is 0.540. The molecule has 0 atom stereocenters. The molecule has 5 heteroatoms. The molecule has 0 saturated heterocycles. The Labute approximate surface area is 87.7 Å². The molecule has 0 spiro atoms. The van der Waals surface area contributed by atoms with Crippen molar-refractivity contribution < 1.29 is 13.2 Å². The van der Waals surface area contributed by atoms with Gasteiger partial charge in [-0.05, 0) is 19.9 Å². The van der Waals surface area contributed by atoms with Gasteiger partial charge in [-0.3, -0.25) is 4.79 Å². The highest BCUT2D eigenvalue weighted by atomic mass is 32.2. The standard InChI is InChI=1S/C9H12O3S2/c1-6-4-8(7(2)13-6)9(10)5-14(3,11)12/h4H,5H2,1-3H3. The summed E-state index contributed by atoms with van der Waals surface area (Å²) in [7, 11) is -3.22. The van der Waals surface area contributed by atoms with Gasteiger partial charge in [-0.25, -0.2) is 8.42 Å². The van der Waals surface area contributed by atoms with Crippen LogP contribution in [-0.4, -0.2) is 26.2 Å². The predicted octanol–water partition coefficient (Wildman–Crippen LogP) is 1.59. The summed E-state index contributed by atoms with van der Waals surface area (Å²) in [6, 6.07) is 1.74. The van der Waals surface area contributed by atoms with Gasteiger partial charge in [0.15, 0.2) is 15.6 Å². The molecule has 0 aromatic carbocycles. The van der Waals surface area contributed by atoms with Crippen molar-refractivity contribution in [3.8, 4) is 0 Å². The van der Waals surface area contributed by atoms with E-state index in [1.807, 2.05) is 13.8 Å². The number of Topliss-reactive ketones (excluding diaryl/α,β-unsaturated/α-hetero) is 1. The molecule has 1 rings (SSSR count). The van der Waals surface area contributed by atoms with Gasteiger partial charge in [-0.2, -0.15) is 0 Å². The molecule has 1 heterocycles. The molecule has 0 N–H and O–H groups in total. The Kier molecular flexibility index (Phi) is 3.11. The zero-order valence-electron chi connectivity index (χ0n) is 8.33. The lowest BCUT2D eigenvalue weighted by atomic mass is 10.2. The van der Waals surface area contributed by atoms with E-state index in [1.165, 1.54) is 11.3 Å². The number of rotatable bonds is 3. The number of aryl methyl sites for hydroxylation is 2. The lowest BCUT2D eigenvalue weighted by Crippen LogP contribution is -2.14. The SMILES string of the molecule is Cc1cc(C(=O)CS(C)(=O)=O)c(C)s1. The first-order chi connectivity index (χ1) is 6.29. The number of hydrogen-bond acceptors (Lipinski definition) is 4. The molecular formula is C9H12O3S2. The highest BCUT2D eigenvalue weighted by molar-refractivity contribution is 7.91. The van der Waals surface area contributed by atoms with Gasteiger partial charge >= 0.3 is 0 Å². The molecule has 0 radical (unpaired) electrons. The second-order valence-corrected chi connectivity index (χ2v) is 6.92. The minimum absolute atomic E-state index is 0.311. The topological polar surface area (TPSA) is 51.2 Å². The maximum atomic E-state index is 11.5. The van der Waals surface area contributed by atoms with E-state index in [0.717, 1.165) is 16.0 Å². The number of ketones is 1. The quantitative estimate of drug-likeness (QED) is 0.744. The fourth-order valence-electron chi connectivity index (χ4n) is 1.22. The van der Waals surface area contributed by atoms with E-state index >= 15 is 0 Å². The van der Waals surface area contributed by atoms with Crippen molar-refractivity contribution in [2.45, 2.75) is 13.8 Å². The number of sulfone groups is 1. The molecule has 0 fully saturated rings. The first-order valence-corrected chi connectivity index (χ1v) is 6.95. The molecule has 3 nitrogen and oxygen atoms in total. The van der Waals surface area contributed by atoms with E-state index in [-0.39, 0.29) is 5.78 Å². The Hall–Kier alpha value is -0.680. The summed E-state index contributed by atoms with van der Waals surface area (Å²) in [6.45, 7) is 3.72. The highest BCUT2D eigenvalue weighted by Crippen LogP contribution is 2.21. The third kappa shape index (κ3) is 2.92. The molecule has 0 bridgehead atoms. The maximum Gasteiger partial charge on any atom is 0.178 e. The summed E-state index contributed by atoms with van der Waals surface area (Å²) < 4.78 is 21.8. The number of hydrogen-bond donors (Lipinski definition) is 0. The fraction of sp³-hybridized carbons (Fsp3) is 0.444. The van der Waals surface area contributed by atoms with Gasteiger partial charge in [0.1, 0.15) is 5.75 Å². The Morgan fingerprint density at radius 3 is 2.36 bits per heavy atom. The van der Waals surface area contributed by atoms with E-state index in [9.17, 15) is 13.2 Å². The van der Waals surface area contributed by atoms with E-state index in [2.05, 4.69) is 0 Å². The van der Waals surface area contributed by atoms with E-state index in [4.69, 9.17) is 0 Å². The molecular weight excluding hydrogens is 220 g/mol. The van der Waals surface area contributed by atoms with Crippen LogP contribution in [-0.2, 0) is 9.84 Å². The average Bonchev–Trinajstić information content (AvgIpc) is 2.26. The maximum absolute atomic E-state index is 11.5. The third-order valence-corrected chi connectivity index (χ3v) is 3.49. The molecule has 1 aromatic heterocycles. The summed E-state index contributed by atoms with van der Waals surface area (Å²) >= 11 is 1.51. The summed E-state index contributed by atoms with van der Waals surface area (Å²) in [5.74, 6) is -0.710. The minimum Gasteiger partial charge on any atom is -0.293 e. The Balaban J connectivity index is 2.96. The summed E-state index contributed by atoms with van der Waals surface area (Å²) in [5, 5.41) is 0. The first kappa shape index (κ1) is 11.4. The van der Waals surface area contributed by atoms with Crippen LogP contribution >= 0.6 is 11.3 Å². The second kappa shape index (κ2) is 3.82. The van der Waals surface area contributed by atoms with Crippen molar-refractivity contribution in [1.82, 2.24) is 0 Å². The van der Waals surface area contributed by atoms with Gasteiger partial charge in [0.05, 0.1) is 0 Å². The van der Waals surface area contributed by atoms with Crippen molar-refractivity contribution in [1.29, 1.82) is 0 Å². The van der Waals surface area contributed by atoms with Crippen LogP contribution in [0, 0.1) is 13.8 Å². The van der Waals surface area contributed by atoms with E-state index in [1.54, 1.807) is 6.07 Å². The molecule has 0 aliphatic rings. The van der Waals surface area contributed by atoms with Crippen LogP contribution < -0.4 is 0 Å². The molecule has 0 amide bonds. The first-order valence-electron chi connectivity index (χ1n) is 4.07. The van der Waals surface area contributed by atoms with Gasteiger partial charge in [-0.1, -0.05) is 0 Å². The monoisotopic (exact) mass is 232 g/mol. The molecule has 1 aromatic rings. The van der Waals surface area contributed by atoms with Crippen LogP contribution in [0.1, 0.15) is 20.1 Å². The van der Waals surface area contributed by atoms with Gasteiger partial charge in [-0.15, -0.1) is 11.3 Å². The van der Waals surface area contributed by atoms with Gasteiger partial charge in [0.25, 0.3) is 0 Å². The molecule has 0 unspecified atom stereocenters. The largest absolute Gasteiger partial charge is 0.293 e. The highest BCUT2D eigenvalue weighted by Gasteiger charge is 2.16. The van der Waals surface area contributed by atoms with E-state index in [0.29, 0.717) is 5.56 Å². The van der Waals surface area contributed by atoms with Gasteiger partial charge in [0.2, 0.25) is 0 Å². The second-order valence-electron chi connectivity index (χ2n) is 3.32. The normalized spacial score (nSPS) is 11.6. The fourth-order valence-corrected chi connectivity index (χ4v) is 2.80. The number of carbonyl (C=O) groups is 1. The zero-order valence-corrected chi connectivity index (χ0v) is 9.96. The lowest BCUT2D eigenvalue weighted by molar-refractivity contribution is 0.102. The smallest absolute Gasteiger partial charge is 0.178 e. The van der Waals surface area contributed by atoms with Crippen molar-refractivity contribution in [3.05, 3.63) is 21.4 Å². The molecule has 0 aliphatic carbocycles. The lowest BCUT2D eigenvalue weighted by Gasteiger charge is -1.97. The summed E-state index contributed by atoms with van der Waals surface area (Å²) in [6.07, 6.45) is 1.07. The predicted molar refractivity (Wildman–Crippen MR) is 57.8 cm³/mol. The van der Waals surface area contributed by atoms with Crippen LogP contribution in [0.3, 0.4) is 0 Å². The minimum atomic E-state index is -3.22. The zero-order chi connectivity index (χ0) is 10.9. The van der Waals surface area contributed by atoms with Crippen molar-refractivity contribution >= 4 is 27.0 Å². The van der Waals surface area contributed by atoms with Crippen molar-refractivity contribution in [2.75, 3.05) is 12.0 Å². The molecule has 0 aliphatic heterocycles. The number of carbonyl (C=O) groups excluding carboxylic acids is 1. The Morgan fingerprint density at radius 2 is 2.00 bits per heavy atom. The molecule has 0 saturated carbocycles. The average molecular weight is 232 g/mol. The van der Waals surface area contributed by atoms with Crippen LogP contribution in [0.5, 0.6) is 0 Å². The van der Waals surface area contributed by atoms with Crippen LogP contribution in [0.2, 0.25) is 0 Å². The Bertz CT molecular complexity index is 454. The van der Waals surface area contributed by atoms with E-state index < -0.39 is 15.6 Å². The third-order valence-electron chi connectivity index (χ3n) is 1.73. The van der Waals surface area contributed by atoms with Crippen molar-refractivity contribution in [2.24, 2.45) is 0 Å². The summed E-state index contributed by atoms with van der Waals surface area (Å²) in [4.78, 5) is 13.4. The molecule has 14 heavy (non-hydrogen) atoms. The van der Waals surface area contributed by atoms with Crippen LogP contribution in [0.4, 0.5) is 0 Å². The van der Waals surface area contributed by atoms with Crippen LogP contribution in [0.15, 0.2) is 6.07 Å². The molecule has 78 valence electrons. The number of thiophene rings is 1. The van der Waals surface area contributed by atoms with Crippen LogP contribution in [0.25, 0.3) is 0 Å².